The predicted molar refractivity (Wildman–Crippen MR) is 61.6 cm³/mol. The van der Waals surface area contributed by atoms with Gasteiger partial charge in [0.2, 0.25) is 0 Å². The Labute approximate surface area is 88.9 Å². The molecule has 2 N–H and O–H groups in total. The second-order valence-electron chi connectivity index (χ2n) is 5.11. The molecular formula is C12H15N3. The van der Waals surface area contributed by atoms with Gasteiger partial charge < -0.3 is 10.3 Å². The fourth-order valence-electron chi connectivity index (χ4n) is 2.21. The number of benzene rings is 1. The van der Waals surface area contributed by atoms with E-state index in [2.05, 4.69) is 29.5 Å². The van der Waals surface area contributed by atoms with Crippen LogP contribution in [0.2, 0.25) is 0 Å². The summed E-state index contributed by atoms with van der Waals surface area (Å²) in [4.78, 5) is 4.39. The number of nitrogens with two attached hydrogens (primary N) is 1. The van der Waals surface area contributed by atoms with Gasteiger partial charge in [0.05, 0.1) is 17.4 Å². The van der Waals surface area contributed by atoms with E-state index in [1.54, 1.807) is 0 Å². The topological polar surface area (TPSA) is 43.8 Å². The van der Waals surface area contributed by atoms with Gasteiger partial charge in [-0.25, -0.2) is 4.98 Å². The lowest BCUT2D eigenvalue weighted by molar-refractivity contribution is 0.549. The maximum Gasteiger partial charge on any atom is 0.0961 e. The molecule has 1 saturated carbocycles. The minimum atomic E-state index is 0.426. The van der Waals surface area contributed by atoms with Gasteiger partial charge in [0, 0.05) is 11.7 Å². The number of nitrogen functional groups attached to an aromatic ring is 1. The zero-order valence-corrected chi connectivity index (χ0v) is 9.07. The van der Waals surface area contributed by atoms with E-state index in [-0.39, 0.29) is 0 Å². The zero-order valence-electron chi connectivity index (χ0n) is 9.07. The molecule has 1 fully saturated rings. The lowest BCUT2D eigenvalue weighted by Crippen LogP contribution is -1.98. The molecule has 0 spiro atoms. The van der Waals surface area contributed by atoms with Gasteiger partial charge in [-0.15, -0.1) is 0 Å². The van der Waals surface area contributed by atoms with Gasteiger partial charge in [0.25, 0.3) is 0 Å². The summed E-state index contributed by atoms with van der Waals surface area (Å²) in [5, 5.41) is 0. The molecule has 1 aromatic carbocycles. The van der Waals surface area contributed by atoms with Crippen molar-refractivity contribution in [3.8, 4) is 0 Å². The molecule has 3 heteroatoms. The van der Waals surface area contributed by atoms with Crippen molar-refractivity contribution in [1.82, 2.24) is 9.55 Å². The van der Waals surface area contributed by atoms with Crippen molar-refractivity contribution in [3.63, 3.8) is 0 Å². The Morgan fingerprint density at radius 2 is 2.20 bits per heavy atom. The van der Waals surface area contributed by atoms with Gasteiger partial charge in [0.15, 0.2) is 0 Å². The number of imidazole rings is 1. The molecule has 1 atom stereocenters. The summed E-state index contributed by atoms with van der Waals surface area (Å²) in [7, 11) is 0. The van der Waals surface area contributed by atoms with Crippen molar-refractivity contribution in [1.29, 1.82) is 0 Å². The molecule has 1 unspecified atom stereocenters. The quantitative estimate of drug-likeness (QED) is 0.721. The summed E-state index contributed by atoms with van der Waals surface area (Å²) >= 11 is 0. The van der Waals surface area contributed by atoms with Crippen molar-refractivity contribution < 1.29 is 0 Å². The third-order valence-corrected chi connectivity index (χ3v) is 3.40. The average Bonchev–Trinajstić information content (AvgIpc) is 2.63. The van der Waals surface area contributed by atoms with Crippen LogP contribution in [0.5, 0.6) is 0 Å². The first-order chi connectivity index (χ1) is 7.08. The van der Waals surface area contributed by atoms with Crippen molar-refractivity contribution in [2.24, 2.45) is 5.41 Å². The standard InChI is InChI=1S/C12H15N3/c1-12(2)6-11(12)15-7-14-9-5-8(13)3-4-10(9)15/h3-5,7,11H,6,13H2,1-2H3. The van der Waals surface area contributed by atoms with Gasteiger partial charge in [-0.2, -0.15) is 0 Å². The summed E-state index contributed by atoms with van der Waals surface area (Å²) in [6.45, 7) is 4.58. The van der Waals surface area contributed by atoms with Gasteiger partial charge in [0.1, 0.15) is 0 Å². The second kappa shape index (κ2) is 2.54. The zero-order chi connectivity index (χ0) is 10.6. The number of rotatable bonds is 1. The van der Waals surface area contributed by atoms with Crippen molar-refractivity contribution in [2.75, 3.05) is 5.73 Å². The van der Waals surface area contributed by atoms with Crippen LogP contribution in [0, 0.1) is 5.41 Å². The van der Waals surface area contributed by atoms with E-state index in [0.29, 0.717) is 11.5 Å². The largest absolute Gasteiger partial charge is 0.399 e. The molecule has 1 heterocycles. The van der Waals surface area contributed by atoms with Crippen LogP contribution in [-0.2, 0) is 0 Å². The molecule has 2 aromatic rings. The highest BCUT2D eigenvalue weighted by atomic mass is 15.1. The van der Waals surface area contributed by atoms with E-state index in [0.717, 1.165) is 11.2 Å². The molecule has 0 aliphatic heterocycles. The summed E-state index contributed by atoms with van der Waals surface area (Å²) in [6, 6.07) is 6.54. The van der Waals surface area contributed by atoms with Gasteiger partial charge >= 0.3 is 0 Å². The molecule has 1 aliphatic carbocycles. The fourth-order valence-corrected chi connectivity index (χ4v) is 2.21. The highest BCUT2D eigenvalue weighted by molar-refractivity contribution is 5.79. The van der Waals surface area contributed by atoms with E-state index >= 15 is 0 Å². The van der Waals surface area contributed by atoms with E-state index in [4.69, 9.17) is 5.73 Å². The Morgan fingerprint density at radius 1 is 1.47 bits per heavy atom. The average molecular weight is 201 g/mol. The van der Waals surface area contributed by atoms with Crippen LogP contribution in [0.15, 0.2) is 24.5 Å². The first kappa shape index (κ1) is 8.77. The van der Waals surface area contributed by atoms with Gasteiger partial charge in [-0.3, -0.25) is 0 Å². The van der Waals surface area contributed by atoms with Crippen LogP contribution in [0.3, 0.4) is 0 Å². The smallest absolute Gasteiger partial charge is 0.0961 e. The fraction of sp³-hybridized carbons (Fsp3) is 0.417. The first-order valence-corrected chi connectivity index (χ1v) is 5.30. The lowest BCUT2D eigenvalue weighted by atomic mass is 10.2. The Morgan fingerprint density at radius 3 is 2.87 bits per heavy atom. The van der Waals surface area contributed by atoms with Crippen molar-refractivity contribution in [2.45, 2.75) is 26.3 Å². The Balaban J connectivity index is 2.14. The summed E-state index contributed by atoms with van der Waals surface area (Å²) in [6.07, 6.45) is 3.17. The van der Waals surface area contributed by atoms with E-state index < -0.39 is 0 Å². The normalized spacial score (nSPS) is 23.2. The van der Waals surface area contributed by atoms with E-state index in [9.17, 15) is 0 Å². The number of nitrogens with zero attached hydrogens (tertiary/aromatic N) is 2. The molecule has 3 nitrogen and oxygen atoms in total. The highest BCUT2D eigenvalue weighted by Gasteiger charge is 2.47. The maximum atomic E-state index is 5.73. The monoisotopic (exact) mass is 201 g/mol. The number of hydrogen-bond acceptors (Lipinski definition) is 2. The van der Waals surface area contributed by atoms with Crippen LogP contribution < -0.4 is 5.73 Å². The molecule has 3 rings (SSSR count). The Kier molecular flexibility index (Phi) is 1.48. The van der Waals surface area contributed by atoms with Crippen LogP contribution >= 0.6 is 0 Å². The third kappa shape index (κ3) is 1.23. The van der Waals surface area contributed by atoms with E-state index in [1.807, 2.05) is 18.5 Å². The number of fused-ring (bicyclic) bond motifs is 1. The predicted octanol–water partition coefficient (Wildman–Crippen LogP) is 2.59. The first-order valence-electron chi connectivity index (χ1n) is 5.30. The molecule has 0 saturated heterocycles. The highest BCUT2D eigenvalue weighted by Crippen LogP contribution is 2.56. The minimum absolute atomic E-state index is 0.426. The summed E-state index contributed by atoms with van der Waals surface area (Å²) < 4.78 is 2.27. The minimum Gasteiger partial charge on any atom is -0.399 e. The molecule has 1 aromatic heterocycles. The number of hydrogen-bond donors (Lipinski definition) is 1. The Bertz CT molecular complexity index is 525. The van der Waals surface area contributed by atoms with Crippen LogP contribution in [-0.4, -0.2) is 9.55 Å². The second-order valence-corrected chi connectivity index (χ2v) is 5.11. The summed E-state index contributed by atoms with van der Waals surface area (Å²) in [5.74, 6) is 0. The molecule has 15 heavy (non-hydrogen) atoms. The summed E-state index contributed by atoms with van der Waals surface area (Å²) in [5.41, 5.74) is 9.13. The molecule has 1 aliphatic rings. The van der Waals surface area contributed by atoms with Gasteiger partial charge in [-0.1, -0.05) is 13.8 Å². The van der Waals surface area contributed by atoms with Crippen LogP contribution in [0.4, 0.5) is 5.69 Å². The Hall–Kier alpha value is -1.51. The van der Waals surface area contributed by atoms with Crippen LogP contribution in [0.1, 0.15) is 26.3 Å². The van der Waals surface area contributed by atoms with Gasteiger partial charge in [-0.05, 0) is 30.0 Å². The molecule has 0 bridgehead atoms. The molecule has 0 radical (unpaired) electrons. The third-order valence-electron chi connectivity index (χ3n) is 3.40. The molecule has 78 valence electrons. The van der Waals surface area contributed by atoms with Crippen molar-refractivity contribution in [3.05, 3.63) is 24.5 Å². The maximum absolute atomic E-state index is 5.73. The molecular weight excluding hydrogens is 186 g/mol. The van der Waals surface area contributed by atoms with Crippen molar-refractivity contribution >= 4 is 16.7 Å². The SMILES string of the molecule is CC1(C)CC1n1cnc2cc(N)ccc21. The van der Waals surface area contributed by atoms with Crippen LogP contribution in [0.25, 0.3) is 11.0 Å². The number of anilines is 1. The van der Waals surface area contributed by atoms with E-state index in [1.165, 1.54) is 11.9 Å². The molecule has 0 amide bonds. The number of aromatic nitrogens is 2. The lowest BCUT2D eigenvalue weighted by Gasteiger charge is -2.06.